The first-order valence-electron chi connectivity index (χ1n) is 5.84. The zero-order valence-electron chi connectivity index (χ0n) is 10.4. The fourth-order valence-electron chi connectivity index (χ4n) is 1.52. The molecule has 0 aliphatic heterocycles. The van der Waals surface area contributed by atoms with E-state index >= 15 is 0 Å². The number of hydrogen-bond donors (Lipinski definition) is 3. The molecule has 0 bridgehead atoms. The van der Waals surface area contributed by atoms with Crippen molar-refractivity contribution >= 4 is 40.8 Å². The fourth-order valence-corrected chi connectivity index (χ4v) is 1.82. The summed E-state index contributed by atoms with van der Waals surface area (Å²) in [5.74, 6) is -1.85. The summed E-state index contributed by atoms with van der Waals surface area (Å²) in [6.45, 7) is -0.00308. The van der Waals surface area contributed by atoms with Crippen molar-refractivity contribution in [2.45, 2.75) is 12.5 Å². The molecule has 4 N–H and O–H groups in total. The maximum atomic E-state index is 11.7. The van der Waals surface area contributed by atoms with Crippen LogP contribution in [0.25, 0.3) is 0 Å². The number of carbonyl (C=O) groups is 2. The average molecular weight is 321 g/mol. The largest absolute Gasteiger partial charge is 0.544 e. The predicted octanol–water partition coefficient (Wildman–Crippen LogP) is -1.00. The zero-order chi connectivity index (χ0) is 15.1. The number of carboxylic acid groups (broad SMARTS) is 1. The lowest BCUT2D eigenvalue weighted by molar-refractivity contribution is -0.683. The van der Waals surface area contributed by atoms with E-state index in [9.17, 15) is 14.7 Å². The van der Waals surface area contributed by atoms with Gasteiger partial charge in [0.05, 0.1) is 35.6 Å². The molecule has 8 heteroatoms. The molecule has 1 amide bonds. The van der Waals surface area contributed by atoms with Crippen molar-refractivity contribution < 1.29 is 25.1 Å². The number of rotatable bonds is 7. The van der Waals surface area contributed by atoms with Crippen molar-refractivity contribution in [3.05, 3.63) is 28.2 Å². The first-order chi connectivity index (χ1) is 9.43. The van der Waals surface area contributed by atoms with Gasteiger partial charge in [0.2, 0.25) is 5.91 Å². The first-order valence-corrected chi connectivity index (χ1v) is 6.59. The van der Waals surface area contributed by atoms with Gasteiger partial charge in [-0.3, -0.25) is 4.79 Å². The molecule has 1 atom stereocenters. The maximum Gasteiger partial charge on any atom is 0.230 e. The molecular weight excluding hydrogens is 307 g/mol. The Hall–Kier alpha value is -1.34. The van der Waals surface area contributed by atoms with Gasteiger partial charge < -0.3 is 25.6 Å². The number of quaternary nitrogens is 1. The Morgan fingerprint density at radius 3 is 2.60 bits per heavy atom. The van der Waals surface area contributed by atoms with Crippen LogP contribution in [0.5, 0.6) is 0 Å². The third-order valence-electron chi connectivity index (χ3n) is 2.49. The smallest absolute Gasteiger partial charge is 0.230 e. The Morgan fingerprint density at radius 1 is 1.35 bits per heavy atom. The number of carboxylic acids is 1. The number of aliphatic hydroxyl groups excluding tert-OH is 1. The highest BCUT2D eigenvalue weighted by Crippen LogP contribution is 2.24. The quantitative estimate of drug-likeness (QED) is 0.599. The number of aliphatic carboxylic acids is 1. The third kappa shape index (κ3) is 5.34. The molecule has 0 spiro atoms. The van der Waals surface area contributed by atoms with Gasteiger partial charge >= 0.3 is 0 Å². The van der Waals surface area contributed by atoms with Crippen molar-refractivity contribution in [2.24, 2.45) is 0 Å². The van der Waals surface area contributed by atoms with Gasteiger partial charge in [0.25, 0.3) is 0 Å². The normalized spacial score (nSPS) is 11.9. The number of halogens is 2. The molecule has 1 aromatic carbocycles. The Kier molecular flexibility index (Phi) is 6.74. The summed E-state index contributed by atoms with van der Waals surface area (Å²) in [6.07, 6.45) is -0.275. The molecule has 0 fully saturated rings. The highest BCUT2D eigenvalue weighted by molar-refractivity contribution is 6.42. The molecule has 1 aromatic rings. The summed E-state index contributed by atoms with van der Waals surface area (Å²) in [5.41, 5.74) is 0.420. The van der Waals surface area contributed by atoms with Crippen molar-refractivity contribution in [2.75, 3.05) is 18.5 Å². The zero-order valence-corrected chi connectivity index (χ0v) is 11.9. The van der Waals surface area contributed by atoms with Crippen molar-refractivity contribution in [3.63, 3.8) is 0 Å². The summed E-state index contributed by atoms with van der Waals surface area (Å²) >= 11 is 11.5. The lowest BCUT2D eigenvalue weighted by atomic mass is 10.2. The van der Waals surface area contributed by atoms with Crippen LogP contribution in [0.3, 0.4) is 0 Å². The minimum atomic E-state index is -1.36. The van der Waals surface area contributed by atoms with Gasteiger partial charge in [-0.1, -0.05) is 23.2 Å². The van der Waals surface area contributed by atoms with Crippen LogP contribution < -0.4 is 15.7 Å². The van der Waals surface area contributed by atoms with Crippen LogP contribution >= 0.6 is 23.2 Å². The average Bonchev–Trinajstić information content (AvgIpc) is 2.38. The number of amides is 1. The lowest BCUT2D eigenvalue weighted by Crippen LogP contribution is -2.94. The van der Waals surface area contributed by atoms with Crippen LogP contribution in [0.1, 0.15) is 6.42 Å². The molecule has 0 radical (unpaired) electrons. The standard InChI is InChI=1S/C12H14Cl2N2O4/c13-8-2-1-7(5-9(8)14)16-11(18)6-10(12(19)20)15-3-4-17/h1-2,5,10,15,17H,3-4,6H2,(H,16,18)(H,19,20)/t10-/m0/s1. The lowest BCUT2D eigenvalue weighted by Gasteiger charge is -2.15. The number of nitrogens with two attached hydrogens (primary N) is 1. The summed E-state index contributed by atoms with van der Waals surface area (Å²) < 4.78 is 0. The Bertz CT molecular complexity index is 496. The van der Waals surface area contributed by atoms with Crippen LogP contribution in [0.2, 0.25) is 10.0 Å². The number of anilines is 1. The fraction of sp³-hybridized carbons (Fsp3) is 0.333. The Balaban J connectivity index is 2.60. The molecule has 0 aliphatic carbocycles. The van der Waals surface area contributed by atoms with Gasteiger partial charge in [0.1, 0.15) is 6.04 Å². The summed E-state index contributed by atoms with van der Waals surface area (Å²) in [6, 6.07) is 3.49. The number of hydrogen-bond acceptors (Lipinski definition) is 4. The van der Waals surface area contributed by atoms with E-state index in [1.165, 1.54) is 17.4 Å². The highest BCUT2D eigenvalue weighted by atomic mass is 35.5. The van der Waals surface area contributed by atoms with E-state index in [1.807, 2.05) is 0 Å². The number of nitrogens with one attached hydrogen (secondary N) is 1. The number of aliphatic hydroxyl groups is 1. The molecule has 20 heavy (non-hydrogen) atoms. The van der Waals surface area contributed by atoms with E-state index in [4.69, 9.17) is 28.3 Å². The van der Waals surface area contributed by atoms with Crippen molar-refractivity contribution in [1.82, 2.24) is 0 Å². The van der Waals surface area contributed by atoms with Crippen LogP contribution in [-0.4, -0.2) is 36.2 Å². The van der Waals surface area contributed by atoms with Crippen molar-refractivity contribution in [1.29, 1.82) is 0 Å². The second kappa shape index (κ2) is 8.06. The first kappa shape index (κ1) is 16.7. The summed E-state index contributed by atoms with van der Waals surface area (Å²) in [5, 5.41) is 24.0. The van der Waals surface area contributed by atoms with Gasteiger partial charge in [-0.25, -0.2) is 0 Å². The number of benzene rings is 1. The molecule has 0 saturated carbocycles. The van der Waals surface area contributed by atoms with E-state index in [2.05, 4.69) is 5.32 Å². The monoisotopic (exact) mass is 320 g/mol. The van der Waals surface area contributed by atoms with Gasteiger partial charge in [0.15, 0.2) is 0 Å². The summed E-state index contributed by atoms with van der Waals surface area (Å²) in [7, 11) is 0. The molecule has 0 aromatic heterocycles. The maximum absolute atomic E-state index is 11.7. The second-order valence-electron chi connectivity index (χ2n) is 4.05. The van der Waals surface area contributed by atoms with Crippen LogP contribution in [0.4, 0.5) is 5.69 Å². The second-order valence-corrected chi connectivity index (χ2v) is 4.87. The van der Waals surface area contributed by atoms with Gasteiger partial charge in [-0.2, -0.15) is 0 Å². The highest BCUT2D eigenvalue weighted by Gasteiger charge is 2.18. The van der Waals surface area contributed by atoms with E-state index in [0.717, 1.165) is 0 Å². The molecule has 0 unspecified atom stereocenters. The van der Waals surface area contributed by atoms with E-state index in [-0.39, 0.29) is 24.6 Å². The minimum Gasteiger partial charge on any atom is -0.544 e. The van der Waals surface area contributed by atoms with Gasteiger partial charge in [-0.05, 0) is 18.2 Å². The van der Waals surface area contributed by atoms with E-state index in [1.54, 1.807) is 6.07 Å². The van der Waals surface area contributed by atoms with Crippen molar-refractivity contribution in [3.8, 4) is 0 Å². The molecule has 110 valence electrons. The van der Waals surface area contributed by atoms with E-state index in [0.29, 0.717) is 10.7 Å². The Labute approximate surface area is 125 Å². The number of carbonyl (C=O) groups excluding carboxylic acids is 2. The van der Waals surface area contributed by atoms with Crippen LogP contribution in [0.15, 0.2) is 18.2 Å². The SMILES string of the molecule is O=C(C[C@H]([NH2+]CCO)C(=O)[O-])Nc1ccc(Cl)c(Cl)c1. The minimum absolute atomic E-state index is 0.179. The van der Waals surface area contributed by atoms with Crippen LogP contribution in [-0.2, 0) is 9.59 Å². The van der Waals surface area contributed by atoms with Gasteiger partial charge in [0, 0.05) is 5.69 Å². The molecule has 0 aliphatic rings. The van der Waals surface area contributed by atoms with Crippen LogP contribution in [0, 0.1) is 0 Å². The third-order valence-corrected chi connectivity index (χ3v) is 3.23. The molecule has 6 nitrogen and oxygen atoms in total. The van der Waals surface area contributed by atoms with E-state index < -0.39 is 17.9 Å². The Morgan fingerprint density at radius 2 is 2.05 bits per heavy atom. The van der Waals surface area contributed by atoms with Gasteiger partial charge in [-0.15, -0.1) is 0 Å². The molecule has 0 heterocycles. The molecule has 1 rings (SSSR count). The predicted molar refractivity (Wildman–Crippen MR) is 72.4 cm³/mol. The molecular formula is C12H14Cl2N2O4. The molecule has 0 saturated heterocycles. The summed E-state index contributed by atoms with van der Waals surface area (Å²) in [4.78, 5) is 22.6. The topological polar surface area (TPSA) is 106 Å².